The molecule has 0 bridgehead atoms. The number of aliphatic carboxylic acids is 1. The molecule has 0 aliphatic carbocycles. The van der Waals surface area contributed by atoms with Crippen LogP contribution in [0.4, 0.5) is 0 Å². The van der Waals surface area contributed by atoms with Crippen molar-refractivity contribution in [3.63, 3.8) is 0 Å². The van der Waals surface area contributed by atoms with E-state index in [1.807, 2.05) is 13.0 Å². The standard InChI is InChI=1S/C15H21NO4S/c1-4-15(14(17)18)7-8-16(10-15)21(19,20)13-9-11(2)5-6-12(13)3/h5-6,9H,4,7-8,10H2,1-3H3,(H,17,18). The van der Waals surface area contributed by atoms with E-state index in [1.54, 1.807) is 26.0 Å². The second-order valence-electron chi connectivity index (χ2n) is 5.80. The fourth-order valence-electron chi connectivity index (χ4n) is 2.78. The number of hydrogen-bond donors (Lipinski definition) is 1. The van der Waals surface area contributed by atoms with Crippen LogP contribution in [-0.4, -0.2) is 36.9 Å². The van der Waals surface area contributed by atoms with Crippen LogP contribution in [-0.2, 0) is 14.8 Å². The highest BCUT2D eigenvalue weighted by atomic mass is 32.2. The van der Waals surface area contributed by atoms with Crippen molar-refractivity contribution in [1.29, 1.82) is 0 Å². The lowest BCUT2D eigenvalue weighted by atomic mass is 9.85. The van der Waals surface area contributed by atoms with E-state index in [4.69, 9.17) is 0 Å². The minimum absolute atomic E-state index is 0.0501. The van der Waals surface area contributed by atoms with Crippen LogP contribution in [0.3, 0.4) is 0 Å². The molecule has 1 unspecified atom stereocenters. The Morgan fingerprint density at radius 3 is 2.57 bits per heavy atom. The molecule has 1 N–H and O–H groups in total. The number of sulfonamides is 1. The Labute approximate surface area is 125 Å². The first-order valence-electron chi connectivity index (χ1n) is 7.04. The summed E-state index contributed by atoms with van der Waals surface area (Å²) in [4.78, 5) is 11.7. The van der Waals surface area contributed by atoms with Gasteiger partial charge >= 0.3 is 5.97 Å². The summed E-state index contributed by atoms with van der Waals surface area (Å²) in [5.41, 5.74) is 0.605. The van der Waals surface area contributed by atoms with Gasteiger partial charge in [-0.2, -0.15) is 4.31 Å². The third-order valence-electron chi connectivity index (χ3n) is 4.41. The van der Waals surface area contributed by atoms with Crippen molar-refractivity contribution >= 4 is 16.0 Å². The van der Waals surface area contributed by atoms with Crippen LogP contribution in [0.5, 0.6) is 0 Å². The SMILES string of the molecule is CCC1(C(=O)O)CCN(S(=O)(=O)c2cc(C)ccc2C)C1. The third-order valence-corrected chi connectivity index (χ3v) is 6.40. The van der Waals surface area contributed by atoms with Gasteiger partial charge in [0.05, 0.1) is 10.3 Å². The zero-order chi connectivity index (χ0) is 15.8. The van der Waals surface area contributed by atoms with Crippen molar-refractivity contribution in [3.8, 4) is 0 Å². The van der Waals surface area contributed by atoms with Crippen LogP contribution in [0.15, 0.2) is 23.1 Å². The number of rotatable bonds is 4. The summed E-state index contributed by atoms with van der Waals surface area (Å²) in [7, 11) is -3.64. The fraction of sp³-hybridized carbons (Fsp3) is 0.533. The molecule has 116 valence electrons. The van der Waals surface area contributed by atoms with Crippen LogP contribution in [0.25, 0.3) is 0 Å². The molecular formula is C15H21NO4S. The normalized spacial score (nSPS) is 23.4. The molecule has 1 fully saturated rings. The smallest absolute Gasteiger partial charge is 0.311 e. The molecule has 1 saturated heterocycles. The molecule has 0 aromatic heterocycles. The van der Waals surface area contributed by atoms with Gasteiger partial charge in [-0.05, 0) is 43.9 Å². The number of carbonyl (C=O) groups is 1. The molecule has 1 aromatic carbocycles. The van der Waals surface area contributed by atoms with Gasteiger partial charge in [-0.15, -0.1) is 0 Å². The summed E-state index contributed by atoms with van der Waals surface area (Å²) >= 11 is 0. The van der Waals surface area contributed by atoms with Crippen molar-refractivity contribution < 1.29 is 18.3 Å². The highest BCUT2D eigenvalue weighted by Crippen LogP contribution is 2.37. The number of hydrogen-bond acceptors (Lipinski definition) is 3. The maximum absolute atomic E-state index is 12.8. The first-order chi connectivity index (χ1) is 9.73. The Kier molecular flexibility index (Phi) is 4.13. The summed E-state index contributed by atoms with van der Waals surface area (Å²) in [6.45, 7) is 5.70. The molecular weight excluding hydrogens is 290 g/mol. The lowest BCUT2D eigenvalue weighted by Crippen LogP contribution is -2.36. The zero-order valence-corrected chi connectivity index (χ0v) is 13.4. The molecule has 5 nitrogen and oxygen atoms in total. The lowest BCUT2D eigenvalue weighted by Gasteiger charge is -2.23. The summed E-state index contributed by atoms with van der Waals surface area (Å²) in [6, 6.07) is 5.30. The quantitative estimate of drug-likeness (QED) is 0.925. The molecule has 1 atom stereocenters. The Bertz CT molecular complexity index is 668. The van der Waals surface area contributed by atoms with Gasteiger partial charge in [0.1, 0.15) is 0 Å². The maximum Gasteiger partial charge on any atom is 0.311 e. The van der Waals surface area contributed by atoms with E-state index in [0.29, 0.717) is 18.4 Å². The zero-order valence-electron chi connectivity index (χ0n) is 12.6. The first-order valence-corrected chi connectivity index (χ1v) is 8.48. The average Bonchev–Trinajstić information content (AvgIpc) is 2.88. The Balaban J connectivity index is 2.38. The van der Waals surface area contributed by atoms with Gasteiger partial charge in [-0.1, -0.05) is 19.1 Å². The van der Waals surface area contributed by atoms with Crippen molar-refractivity contribution in [1.82, 2.24) is 4.31 Å². The molecule has 1 aromatic rings. The second kappa shape index (κ2) is 5.42. The average molecular weight is 311 g/mol. The highest BCUT2D eigenvalue weighted by Gasteiger charge is 2.47. The summed E-state index contributed by atoms with van der Waals surface area (Å²) in [5, 5.41) is 9.40. The fourth-order valence-corrected chi connectivity index (χ4v) is 4.61. The van der Waals surface area contributed by atoms with Crippen LogP contribution >= 0.6 is 0 Å². The lowest BCUT2D eigenvalue weighted by molar-refractivity contribution is -0.148. The molecule has 6 heteroatoms. The maximum atomic E-state index is 12.8. The Morgan fingerprint density at radius 1 is 1.38 bits per heavy atom. The van der Waals surface area contributed by atoms with Crippen molar-refractivity contribution in [2.45, 2.75) is 38.5 Å². The number of benzene rings is 1. The molecule has 0 amide bonds. The molecule has 0 radical (unpaired) electrons. The van der Waals surface area contributed by atoms with Gasteiger partial charge in [0, 0.05) is 13.1 Å². The number of carboxylic acids is 1. The molecule has 1 aliphatic rings. The number of carboxylic acid groups (broad SMARTS) is 1. The van der Waals surface area contributed by atoms with E-state index in [0.717, 1.165) is 5.56 Å². The van der Waals surface area contributed by atoms with Gasteiger partial charge in [0.2, 0.25) is 10.0 Å². The third kappa shape index (κ3) is 2.70. The second-order valence-corrected chi connectivity index (χ2v) is 7.70. The van der Waals surface area contributed by atoms with E-state index in [1.165, 1.54) is 4.31 Å². The number of aryl methyl sites for hydroxylation is 2. The van der Waals surface area contributed by atoms with E-state index in [-0.39, 0.29) is 18.0 Å². The van der Waals surface area contributed by atoms with Gasteiger partial charge in [0.15, 0.2) is 0 Å². The predicted molar refractivity (Wildman–Crippen MR) is 79.7 cm³/mol. The first kappa shape index (κ1) is 16.0. The Morgan fingerprint density at radius 2 is 2.05 bits per heavy atom. The molecule has 21 heavy (non-hydrogen) atoms. The van der Waals surface area contributed by atoms with E-state index in [2.05, 4.69) is 0 Å². The van der Waals surface area contributed by atoms with Crippen LogP contribution in [0.1, 0.15) is 30.9 Å². The van der Waals surface area contributed by atoms with Gasteiger partial charge in [-0.25, -0.2) is 8.42 Å². The molecule has 1 heterocycles. The predicted octanol–water partition coefficient (Wildman–Crippen LogP) is 2.18. The van der Waals surface area contributed by atoms with Gasteiger partial charge < -0.3 is 5.11 Å². The largest absolute Gasteiger partial charge is 0.481 e. The topological polar surface area (TPSA) is 74.7 Å². The van der Waals surface area contributed by atoms with Crippen LogP contribution in [0.2, 0.25) is 0 Å². The van der Waals surface area contributed by atoms with Gasteiger partial charge in [-0.3, -0.25) is 4.79 Å². The van der Waals surface area contributed by atoms with Crippen LogP contribution in [0, 0.1) is 19.3 Å². The van der Waals surface area contributed by atoms with Crippen LogP contribution < -0.4 is 0 Å². The summed E-state index contributed by atoms with van der Waals surface area (Å²) in [5.74, 6) is -0.913. The van der Waals surface area contributed by atoms with Crippen molar-refractivity contribution in [2.75, 3.05) is 13.1 Å². The molecule has 0 spiro atoms. The minimum atomic E-state index is -3.64. The van der Waals surface area contributed by atoms with Crippen molar-refractivity contribution in [2.24, 2.45) is 5.41 Å². The van der Waals surface area contributed by atoms with E-state index < -0.39 is 21.4 Å². The Hall–Kier alpha value is -1.40. The molecule has 0 saturated carbocycles. The van der Waals surface area contributed by atoms with E-state index in [9.17, 15) is 18.3 Å². The minimum Gasteiger partial charge on any atom is -0.481 e. The molecule has 2 rings (SSSR count). The van der Waals surface area contributed by atoms with Crippen molar-refractivity contribution in [3.05, 3.63) is 29.3 Å². The summed E-state index contributed by atoms with van der Waals surface area (Å²) < 4.78 is 26.8. The highest BCUT2D eigenvalue weighted by molar-refractivity contribution is 7.89. The van der Waals surface area contributed by atoms with Gasteiger partial charge in [0.25, 0.3) is 0 Å². The monoisotopic (exact) mass is 311 g/mol. The molecule has 1 aliphatic heterocycles. The number of nitrogens with zero attached hydrogens (tertiary/aromatic N) is 1. The van der Waals surface area contributed by atoms with E-state index >= 15 is 0 Å². The summed E-state index contributed by atoms with van der Waals surface area (Å²) in [6.07, 6.45) is 0.796.